The standard InChI is InChI=1S/C85H166O17P2/c1-8-10-11-12-13-14-15-30-38-45-52-59-66-82(87)95-73-81(102-85(90)69-62-55-48-41-34-33-37-44-51-58-65-78(7)9-2)75-100-104(93,94)98-71-79(86)70-97-103(91,92)99-74-80(72-96-83(88)67-60-53-46-39-31-26-23-22-25-29-36-43-50-57-64-77(5)6)101-84(89)68-61-54-47-40-32-27-21-19-17-16-18-20-24-28-35-42-49-56-63-76(3)4/h76-81,86H,8-75H2,1-7H3,(H,91,92)(H,93,94)/t78?,79-,80-,81-/m1/s1. The largest absolute Gasteiger partial charge is 0.472 e. The van der Waals surface area contributed by atoms with Crippen LogP contribution >= 0.6 is 15.6 Å². The van der Waals surface area contributed by atoms with Crippen LogP contribution in [0.3, 0.4) is 0 Å². The Labute approximate surface area is 638 Å². The van der Waals surface area contributed by atoms with Crippen molar-refractivity contribution < 1.29 is 80.2 Å². The van der Waals surface area contributed by atoms with Gasteiger partial charge >= 0.3 is 39.5 Å². The molecular formula is C85H166O17P2. The third-order valence-electron chi connectivity index (χ3n) is 20.2. The van der Waals surface area contributed by atoms with Crippen molar-refractivity contribution in [1.82, 2.24) is 0 Å². The molecule has 19 heteroatoms. The van der Waals surface area contributed by atoms with Gasteiger partial charge in [0.15, 0.2) is 12.2 Å². The zero-order chi connectivity index (χ0) is 76.5. The second-order valence-corrected chi connectivity index (χ2v) is 34.7. The highest BCUT2D eigenvalue weighted by atomic mass is 31.2. The lowest BCUT2D eigenvalue weighted by atomic mass is 9.99. The first kappa shape index (κ1) is 102. The fourth-order valence-corrected chi connectivity index (χ4v) is 14.7. The first-order valence-electron chi connectivity index (χ1n) is 43.9. The van der Waals surface area contributed by atoms with E-state index in [1.807, 2.05) is 0 Å². The zero-order valence-electron chi connectivity index (χ0n) is 68.5. The monoisotopic (exact) mass is 1520 g/mol. The Morgan fingerprint density at radius 2 is 0.490 bits per heavy atom. The van der Waals surface area contributed by atoms with Crippen LogP contribution in [0.4, 0.5) is 0 Å². The minimum Gasteiger partial charge on any atom is -0.462 e. The van der Waals surface area contributed by atoms with Crippen LogP contribution in [0.25, 0.3) is 0 Å². The Hall–Kier alpha value is -1.94. The summed E-state index contributed by atoms with van der Waals surface area (Å²) in [5, 5.41) is 10.7. The minimum absolute atomic E-state index is 0.107. The molecule has 6 atom stereocenters. The molecule has 0 aliphatic carbocycles. The molecule has 0 rings (SSSR count). The van der Waals surface area contributed by atoms with Crippen molar-refractivity contribution in [2.75, 3.05) is 39.6 Å². The Morgan fingerprint density at radius 1 is 0.279 bits per heavy atom. The number of esters is 4. The van der Waals surface area contributed by atoms with Crippen molar-refractivity contribution in [3.63, 3.8) is 0 Å². The lowest BCUT2D eigenvalue weighted by molar-refractivity contribution is -0.161. The molecule has 0 amide bonds. The highest BCUT2D eigenvalue weighted by molar-refractivity contribution is 7.47. The summed E-state index contributed by atoms with van der Waals surface area (Å²) >= 11 is 0. The first-order chi connectivity index (χ1) is 50.3. The number of hydrogen-bond acceptors (Lipinski definition) is 15. The van der Waals surface area contributed by atoms with Crippen molar-refractivity contribution >= 4 is 39.5 Å². The van der Waals surface area contributed by atoms with Crippen molar-refractivity contribution in [2.24, 2.45) is 17.8 Å². The number of carbonyl (C=O) groups excluding carboxylic acids is 4. The molecule has 0 heterocycles. The average molecular weight is 1520 g/mol. The second kappa shape index (κ2) is 75.1. The van der Waals surface area contributed by atoms with E-state index in [0.29, 0.717) is 25.7 Å². The fourth-order valence-electron chi connectivity index (χ4n) is 13.2. The Morgan fingerprint density at radius 3 is 0.731 bits per heavy atom. The number of rotatable bonds is 83. The highest BCUT2D eigenvalue weighted by Gasteiger charge is 2.30. The van der Waals surface area contributed by atoms with Gasteiger partial charge in [-0.15, -0.1) is 0 Å². The molecule has 3 N–H and O–H groups in total. The number of aliphatic hydroxyl groups excluding tert-OH is 1. The van der Waals surface area contributed by atoms with Crippen LogP contribution in [0.2, 0.25) is 0 Å². The van der Waals surface area contributed by atoms with Gasteiger partial charge in [-0.05, 0) is 43.4 Å². The number of phosphoric acid groups is 2. The summed E-state index contributed by atoms with van der Waals surface area (Å²) < 4.78 is 68.9. The van der Waals surface area contributed by atoms with Crippen LogP contribution < -0.4 is 0 Å². The zero-order valence-corrected chi connectivity index (χ0v) is 70.3. The number of hydrogen-bond donors (Lipinski definition) is 3. The summed E-state index contributed by atoms with van der Waals surface area (Å²) in [5.74, 6) is 0.318. The van der Waals surface area contributed by atoms with E-state index in [9.17, 15) is 43.2 Å². The second-order valence-electron chi connectivity index (χ2n) is 31.8. The molecule has 3 unspecified atom stereocenters. The lowest BCUT2D eigenvalue weighted by Crippen LogP contribution is -2.30. The normalized spacial score (nSPS) is 14.2. The fraction of sp³-hybridized carbons (Fsp3) is 0.953. The maximum absolute atomic E-state index is 13.1. The molecule has 17 nitrogen and oxygen atoms in total. The summed E-state index contributed by atoms with van der Waals surface area (Å²) in [7, 11) is -9.93. The predicted molar refractivity (Wildman–Crippen MR) is 428 cm³/mol. The maximum Gasteiger partial charge on any atom is 0.472 e. The molecule has 618 valence electrons. The third kappa shape index (κ3) is 76.8. The van der Waals surface area contributed by atoms with Crippen molar-refractivity contribution in [3.8, 4) is 0 Å². The maximum atomic E-state index is 13.1. The van der Waals surface area contributed by atoms with E-state index >= 15 is 0 Å². The molecule has 0 saturated carbocycles. The van der Waals surface area contributed by atoms with E-state index < -0.39 is 97.5 Å². The molecule has 0 bridgehead atoms. The van der Waals surface area contributed by atoms with Gasteiger partial charge in [0.05, 0.1) is 26.4 Å². The van der Waals surface area contributed by atoms with E-state index in [1.165, 1.54) is 257 Å². The Balaban J connectivity index is 5.25. The summed E-state index contributed by atoms with van der Waals surface area (Å²) in [6.45, 7) is 12.1. The van der Waals surface area contributed by atoms with Gasteiger partial charge in [0.2, 0.25) is 0 Å². The summed E-state index contributed by atoms with van der Waals surface area (Å²) in [6.07, 6.45) is 65.1. The van der Waals surface area contributed by atoms with Crippen LogP contribution in [-0.4, -0.2) is 96.7 Å². The van der Waals surface area contributed by atoms with Crippen molar-refractivity contribution in [1.29, 1.82) is 0 Å². The summed E-state index contributed by atoms with van der Waals surface area (Å²) in [6, 6.07) is 0. The molecule has 0 radical (unpaired) electrons. The van der Waals surface area contributed by atoms with E-state index in [4.69, 9.17) is 37.0 Å². The van der Waals surface area contributed by atoms with Gasteiger partial charge in [0.1, 0.15) is 19.3 Å². The van der Waals surface area contributed by atoms with E-state index in [2.05, 4.69) is 48.5 Å². The van der Waals surface area contributed by atoms with Gasteiger partial charge in [-0.3, -0.25) is 37.3 Å². The minimum atomic E-state index is -4.97. The quantitative estimate of drug-likeness (QED) is 0.0222. The molecule has 0 spiro atoms. The van der Waals surface area contributed by atoms with Crippen LogP contribution in [0.15, 0.2) is 0 Å². The molecule has 0 aromatic rings. The van der Waals surface area contributed by atoms with Crippen LogP contribution in [0, 0.1) is 17.8 Å². The molecule has 104 heavy (non-hydrogen) atoms. The predicted octanol–water partition coefficient (Wildman–Crippen LogP) is 25.7. The van der Waals surface area contributed by atoms with Gasteiger partial charge in [-0.2, -0.15) is 0 Å². The van der Waals surface area contributed by atoms with Gasteiger partial charge in [0, 0.05) is 25.7 Å². The summed E-state index contributed by atoms with van der Waals surface area (Å²) in [4.78, 5) is 73.2. The molecule has 0 saturated heterocycles. The van der Waals surface area contributed by atoms with Gasteiger partial charge < -0.3 is 33.8 Å². The topological polar surface area (TPSA) is 237 Å². The SMILES string of the molecule is CCCCCCCCCCCCCCC(=O)OC[C@H](COP(=O)(O)OC[C@H](O)COP(=O)(O)OC[C@@H](COC(=O)CCCCCCCCCCCCCCCCC(C)C)OC(=O)CCCCCCCCCCCCCCCCCCCCC(C)C)OC(=O)CCCCCCCCCCCCC(C)CC. The Kier molecular flexibility index (Phi) is 73.7. The van der Waals surface area contributed by atoms with Crippen molar-refractivity contribution in [2.45, 2.75) is 465 Å². The number of ether oxygens (including phenoxy) is 4. The highest BCUT2D eigenvalue weighted by Crippen LogP contribution is 2.45. The number of phosphoric ester groups is 2. The molecule has 0 fully saturated rings. The van der Waals surface area contributed by atoms with Crippen LogP contribution in [0.5, 0.6) is 0 Å². The average Bonchev–Trinajstić information content (AvgIpc) is 0.932. The molecule has 0 aromatic carbocycles. The van der Waals surface area contributed by atoms with Gasteiger partial charge in [-0.25, -0.2) is 9.13 Å². The number of aliphatic hydroxyl groups is 1. The van der Waals surface area contributed by atoms with Gasteiger partial charge in [-0.1, -0.05) is 395 Å². The number of carbonyl (C=O) groups is 4. The van der Waals surface area contributed by atoms with Crippen LogP contribution in [0.1, 0.15) is 447 Å². The number of unbranched alkanes of at least 4 members (excludes halogenated alkanes) is 50. The van der Waals surface area contributed by atoms with E-state index in [-0.39, 0.29) is 25.7 Å². The van der Waals surface area contributed by atoms with Crippen molar-refractivity contribution in [3.05, 3.63) is 0 Å². The summed E-state index contributed by atoms with van der Waals surface area (Å²) in [5.41, 5.74) is 0. The Bertz CT molecular complexity index is 2010. The lowest BCUT2D eigenvalue weighted by Gasteiger charge is -2.21. The van der Waals surface area contributed by atoms with E-state index in [0.717, 1.165) is 108 Å². The molecule has 0 aliphatic rings. The van der Waals surface area contributed by atoms with Gasteiger partial charge in [0.25, 0.3) is 0 Å². The van der Waals surface area contributed by atoms with Crippen LogP contribution in [-0.2, 0) is 65.4 Å². The third-order valence-corrected chi connectivity index (χ3v) is 22.1. The smallest absolute Gasteiger partial charge is 0.462 e. The molecule has 0 aromatic heterocycles. The molecular weight excluding hydrogens is 1350 g/mol. The first-order valence-corrected chi connectivity index (χ1v) is 46.9. The molecule has 0 aliphatic heterocycles. The van der Waals surface area contributed by atoms with E-state index in [1.54, 1.807) is 0 Å².